The molecule has 2 aromatic heterocycles. The van der Waals surface area contributed by atoms with E-state index >= 15 is 0 Å². The van der Waals surface area contributed by atoms with Crippen molar-refractivity contribution in [3.8, 4) is 0 Å². The maximum Gasteiger partial charge on any atom is 0.339 e. The van der Waals surface area contributed by atoms with Gasteiger partial charge < -0.3 is 14.4 Å². The molecule has 26 heavy (non-hydrogen) atoms. The number of carbonyl (C=O) groups excluding carboxylic acids is 2. The van der Waals surface area contributed by atoms with E-state index < -0.39 is 5.97 Å². The summed E-state index contributed by atoms with van der Waals surface area (Å²) in [5.41, 5.74) is 1.74. The number of hydrogen-bond acceptors (Lipinski definition) is 6. The van der Waals surface area contributed by atoms with Gasteiger partial charge in [0.25, 0.3) is 5.91 Å². The van der Waals surface area contributed by atoms with Crippen LogP contribution in [-0.2, 0) is 21.5 Å². The Kier molecular flexibility index (Phi) is 4.50. The molecule has 136 valence electrons. The lowest BCUT2D eigenvalue weighted by molar-refractivity contribution is -0.0926. The van der Waals surface area contributed by atoms with Crippen LogP contribution in [0.1, 0.15) is 44.0 Å². The largest absolute Gasteiger partial charge is 0.465 e. The molecular formula is C19H20N2O4S. The number of thiophene rings is 1. The fraction of sp³-hybridized carbons (Fsp3) is 0.421. The van der Waals surface area contributed by atoms with Gasteiger partial charge in [0.15, 0.2) is 0 Å². The van der Waals surface area contributed by atoms with Gasteiger partial charge in [0, 0.05) is 36.8 Å². The van der Waals surface area contributed by atoms with E-state index in [1.54, 1.807) is 17.4 Å². The molecule has 0 atom stereocenters. The van der Waals surface area contributed by atoms with Crippen molar-refractivity contribution in [3.63, 3.8) is 0 Å². The number of likely N-dealkylation sites (tertiary alicyclic amines) is 1. The topological polar surface area (TPSA) is 68.7 Å². The van der Waals surface area contributed by atoms with Crippen LogP contribution < -0.4 is 0 Å². The van der Waals surface area contributed by atoms with Crippen molar-refractivity contribution in [2.24, 2.45) is 0 Å². The van der Waals surface area contributed by atoms with Gasteiger partial charge in [-0.2, -0.15) is 0 Å². The minimum atomic E-state index is -0.495. The van der Waals surface area contributed by atoms with Gasteiger partial charge >= 0.3 is 5.97 Å². The minimum absolute atomic E-state index is 0.112. The van der Waals surface area contributed by atoms with Crippen molar-refractivity contribution in [1.82, 2.24) is 9.88 Å². The van der Waals surface area contributed by atoms with Gasteiger partial charge in [0.05, 0.1) is 30.4 Å². The van der Waals surface area contributed by atoms with Crippen LogP contribution in [0.5, 0.6) is 0 Å². The highest BCUT2D eigenvalue weighted by Gasteiger charge is 2.42. The Morgan fingerprint density at radius 2 is 2.04 bits per heavy atom. The Hall–Kier alpha value is -2.25. The zero-order valence-electron chi connectivity index (χ0n) is 14.6. The molecule has 2 aliphatic rings. The fourth-order valence-corrected chi connectivity index (χ4v) is 4.76. The maximum absolute atomic E-state index is 12.8. The number of hydrogen-bond donors (Lipinski definition) is 0. The molecule has 2 aliphatic heterocycles. The van der Waals surface area contributed by atoms with E-state index in [-0.39, 0.29) is 17.1 Å². The van der Waals surface area contributed by atoms with Crippen LogP contribution in [0.4, 0.5) is 0 Å². The molecule has 1 fully saturated rings. The molecule has 4 heterocycles. The SMILES string of the molecule is COC(=O)c1cncc(C(=O)N2CCC3(CC2)OCCc2sccc23)c1. The lowest BCUT2D eigenvalue weighted by atomic mass is 9.82. The average Bonchev–Trinajstić information content (AvgIpc) is 3.18. The predicted molar refractivity (Wildman–Crippen MR) is 96.4 cm³/mol. The van der Waals surface area contributed by atoms with Crippen LogP contribution >= 0.6 is 11.3 Å². The highest BCUT2D eigenvalue weighted by atomic mass is 32.1. The summed E-state index contributed by atoms with van der Waals surface area (Å²) in [6, 6.07) is 3.71. The van der Waals surface area contributed by atoms with Crippen molar-refractivity contribution in [2.75, 3.05) is 26.8 Å². The average molecular weight is 372 g/mol. The van der Waals surface area contributed by atoms with E-state index in [0.717, 1.165) is 25.9 Å². The zero-order valence-corrected chi connectivity index (χ0v) is 15.4. The number of aromatic nitrogens is 1. The molecule has 0 radical (unpaired) electrons. The van der Waals surface area contributed by atoms with Crippen LogP contribution in [0.2, 0.25) is 0 Å². The standard InChI is InChI=1S/C19H20N2O4S/c1-24-18(23)14-10-13(11-20-12-14)17(22)21-6-4-19(5-7-21)15-3-9-26-16(15)2-8-25-19/h3,9-12H,2,4-8H2,1H3. The highest BCUT2D eigenvalue weighted by Crippen LogP contribution is 2.43. The first-order chi connectivity index (χ1) is 12.6. The number of ether oxygens (including phenoxy) is 2. The number of esters is 1. The predicted octanol–water partition coefficient (Wildman–Crippen LogP) is 2.63. The van der Waals surface area contributed by atoms with Crippen molar-refractivity contribution in [3.05, 3.63) is 51.5 Å². The second-order valence-electron chi connectivity index (χ2n) is 6.60. The van der Waals surface area contributed by atoms with Crippen molar-refractivity contribution in [2.45, 2.75) is 24.9 Å². The van der Waals surface area contributed by atoms with Gasteiger partial charge in [-0.3, -0.25) is 9.78 Å². The summed E-state index contributed by atoms with van der Waals surface area (Å²) < 4.78 is 10.9. The number of rotatable bonds is 2. The van der Waals surface area contributed by atoms with E-state index in [1.165, 1.54) is 29.9 Å². The number of methoxy groups -OCH3 is 1. The van der Waals surface area contributed by atoms with E-state index in [0.29, 0.717) is 18.7 Å². The number of piperidine rings is 1. The Balaban J connectivity index is 1.49. The molecule has 0 bridgehead atoms. The normalized spacial score (nSPS) is 18.4. The Morgan fingerprint density at radius 3 is 2.81 bits per heavy atom. The molecule has 6 nitrogen and oxygen atoms in total. The van der Waals surface area contributed by atoms with E-state index in [2.05, 4.69) is 16.4 Å². The number of carbonyl (C=O) groups is 2. The van der Waals surface area contributed by atoms with Gasteiger partial charge in [0.2, 0.25) is 0 Å². The molecule has 1 saturated heterocycles. The molecule has 4 rings (SSSR count). The van der Waals surface area contributed by atoms with Crippen LogP contribution in [0.15, 0.2) is 29.9 Å². The summed E-state index contributed by atoms with van der Waals surface area (Å²) in [6.07, 6.45) is 5.44. The molecule has 7 heteroatoms. The van der Waals surface area contributed by atoms with Crippen LogP contribution in [0.3, 0.4) is 0 Å². The summed E-state index contributed by atoms with van der Waals surface area (Å²) in [7, 11) is 1.31. The first-order valence-corrected chi connectivity index (χ1v) is 9.54. The third kappa shape index (κ3) is 2.91. The summed E-state index contributed by atoms with van der Waals surface area (Å²) in [5, 5.41) is 2.13. The first kappa shape index (κ1) is 17.2. The number of fused-ring (bicyclic) bond motifs is 2. The molecule has 1 amide bonds. The van der Waals surface area contributed by atoms with Crippen LogP contribution in [-0.4, -0.2) is 48.6 Å². The number of amides is 1. The van der Waals surface area contributed by atoms with Crippen molar-refractivity contribution < 1.29 is 19.1 Å². The molecule has 0 aliphatic carbocycles. The minimum Gasteiger partial charge on any atom is -0.465 e. The summed E-state index contributed by atoms with van der Waals surface area (Å²) in [5.74, 6) is -0.607. The van der Waals surface area contributed by atoms with E-state index in [4.69, 9.17) is 9.47 Å². The first-order valence-electron chi connectivity index (χ1n) is 8.66. The van der Waals surface area contributed by atoms with Gasteiger partial charge in [-0.25, -0.2) is 4.79 Å². The van der Waals surface area contributed by atoms with Crippen molar-refractivity contribution >= 4 is 23.2 Å². The van der Waals surface area contributed by atoms with Gasteiger partial charge in [0.1, 0.15) is 0 Å². The molecule has 2 aromatic rings. The Labute approximate surface area is 155 Å². The lowest BCUT2D eigenvalue weighted by Crippen LogP contribution is -2.48. The second-order valence-corrected chi connectivity index (χ2v) is 7.60. The molecule has 0 N–H and O–H groups in total. The van der Waals surface area contributed by atoms with Crippen LogP contribution in [0, 0.1) is 0 Å². The Bertz CT molecular complexity index is 840. The molecule has 0 aromatic carbocycles. The van der Waals surface area contributed by atoms with E-state index in [9.17, 15) is 9.59 Å². The molecule has 0 saturated carbocycles. The number of nitrogens with zero attached hydrogens (tertiary/aromatic N) is 2. The lowest BCUT2D eigenvalue weighted by Gasteiger charge is -2.44. The van der Waals surface area contributed by atoms with Crippen LogP contribution in [0.25, 0.3) is 0 Å². The maximum atomic E-state index is 12.8. The summed E-state index contributed by atoms with van der Waals surface area (Å²) in [4.78, 5) is 31.7. The van der Waals surface area contributed by atoms with Gasteiger partial charge in [-0.15, -0.1) is 11.3 Å². The quantitative estimate of drug-likeness (QED) is 0.758. The van der Waals surface area contributed by atoms with Crippen molar-refractivity contribution in [1.29, 1.82) is 0 Å². The summed E-state index contributed by atoms with van der Waals surface area (Å²) >= 11 is 1.79. The molecule has 0 unspecified atom stereocenters. The third-order valence-corrected chi connectivity index (χ3v) is 6.19. The van der Waals surface area contributed by atoms with E-state index in [1.807, 2.05) is 4.90 Å². The second kappa shape index (κ2) is 6.81. The third-order valence-electron chi connectivity index (χ3n) is 5.21. The molecule has 1 spiro atoms. The van der Waals surface area contributed by atoms with Gasteiger partial charge in [-0.1, -0.05) is 0 Å². The Morgan fingerprint density at radius 1 is 1.27 bits per heavy atom. The number of pyridine rings is 1. The smallest absolute Gasteiger partial charge is 0.339 e. The highest BCUT2D eigenvalue weighted by molar-refractivity contribution is 7.10. The fourth-order valence-electron chi connectivity index (χ4n) is 3.81. The molecular weight excluding hydrogens is 352 g/mol. The monoisotopic (exact) mass is 372 g/mol. The zero-order chi connectivity index (χ0) is 18.1. The summed E-state index contributed by atoms with van der Waals surface area (Å²) in [6.45, 7) is 1.99. The van der Waals surface area contributed by atoms with Gasteiger partial charge in [-0.05, 0) is 35.9 Å².